The van der Waals surface area contributed by atoms with E-state index in [0.29, 0.717) is 12.1 Å². The Bertz CT molecular complexity index is 713. The molecule has 1 aliphatic carbocycles. The summed E-state index contributed by atoms with van der Waals surface area (Å²) in [4.78, 5) is 6.98. The van der Waals surface area contributed by atoms with Crippen molar-refractivity contribution in [3.8, 4) is 11.3 Å². The first-order valence-corrected chi connectivity index (χ1v) is 10.5. The molecule has 27 heavy (non-hydrogen) atoms. The average molecular weight is 366 g/mol. The molecular weight excluding hydrogens is 334 g/mol. The van der Waals surface area contributed by atoms with E-state index in [2.05, 4.69) is 45.5 Å². The van der Waals surface area contributed by atoms with Crippen molar-refractivity contribution in [3.05, 3.63) is 54.2 Å². The maximum atomic E-state index is 10.3. The number of aliphatic hydroxyl groups is 1. The fourth-order valence-electron chi connectivity index (χ4n) is 4.59. The number of hydrogen-bond acceptors (Lipinski definition) is 4. The van der Waals surface area contributed by atoms with Crippen LogP contribution in [0, 0.1) is 0 Å². The van der Waals surface area contributed by atoms with Gasteiger partial charge in [0.25, 0.3) is 0 Å². The molecule has 2 aromatic rings. The van der Waals surface area contributed by atoms with Gasteiger partial charge in [-0.15, -0.1) is 0 Å². The normalized spacial score (nSPS) is 24.8. The smallest absolute Gasteiger partial charge is 0.0702 e. The van der Waals surface area contributed by atoms with Gasteiger partial charge in [0, 0.05) is 43.5 Å². The molecule has 2 fully saturated rings. The summed E-state index contributed by atoms with van der Waals surface area (Å²) in [6.07, 6.45) is 8.68. The summed E-state index contributed by atoms with van der Waals surface area (Å²) in [7, 11) is 0. The van der Waals surface area contributed by atoms with Crippen molar-refractivity contribution in [2.24, 2.45) is 0 Å². The number of likely N-dealkylation sites (tertiary alicyclic amines) is 1. The van der Waals surface area contributed by atoms with Crippen LogP contribution >= 0.6 is 0 Å². The predicted molar refractivity (Wildman–Crippen MR) is 109 cm³/mol. The van der Waals surface area contributed by atoms with E-state index < -0.39 is 0 Å². The van der Waals surface area contributed by atoms with E-state index in [-0.39, 0.29) is 6.10 Å². The number of benzene rings is 1. The third-order valence-electron chi connectivity index (χ3n) is 6.18. The monoisotopic (exact) mass is 365 g/mol. The van der Waals surface area contributed by atoms with Crippen molar-refractivity contribution in [2.75, 3.05) is 13.1 Å². The van der Waals surface area contributed by atoms with E-state index in [1.54, 1.807) is 0 Å². The quantitative estimate of drug-likeness (QED) is 0.850. The van der Waals surface area contributed by atoms with Crippen LogP contribution in [0.4, 0.5) is 0 Å². The van der Waals surface area contributed by atoms with E-state index in [1.807, 2.05) is 18.3 Å². The van der Waals surface area contributed by atoms with E-state index in [0.717, 1.165) is 31.7 Å². The molecular formula is C23H31N3O. The Morgan fingerprint density at radius 3 is 2.63 bits per heavy atom. The highest BCUT2D eigenvalue weighted by atomic mass is 16.3. The highest BCUT2D eigenvalue weighted by Crippen LogP contribution is 2.26. The number of aromatic nitrogens is 1. The van der Waals surface area contributed by atoms with Crippen LogP contribution in [0.5, 0.6) is 0 Å². The Labute approximate surface area is 162 Å². The van der Waals surface area contributed by atoms with E-state index in [9.17, 15) is 5.11 Å². The van der Waals surface area contributed by atoms with Crippen LogP contribution in [0.2, 0.25) is 0 Å². The molecule has 0 amide bonds. The summed E-state index contributed by atoms with van der Waals surface area (Å²) < 4.78 is 0. The maximum absolute atomic E-state index is 10.3. The topological polar surface area (TPSA) is 48.4 Å². The second kappa shape index (κ2) is 8.96. The molecule has 1 saturated carbocycles. The fourth-order valence-corrected chi connectivity index (χ4v) is 4.59. The average Bonchev–Trinajstić information content (AvgIpc) is 2.74. The first kappa shape index (κ1) is 18.6. The largest absolute Gasteiger partial charge is 0.391 e. The molecule has 2 heterocycles. The second-order valence-corrected chi connectivity index (χ2v) is 8.03. The lowest BCUT2D eigenvalue weighted by Crippen LogP contribution is -2.51. The Morgan fingerprint density at radius 2 is 1.85 bits per heavy atom. The Morgan fingerprint density at radius 1 is 1.00 bits per heavy atom. The van der Waals surface area contributed by atoms with Gasteiger partial charge >= 0.3 is 0 Å². The van der Waals surface area contributed by atoms with Gasteiger partial charge < -0.3 is 10.4 Å². The van der Waals surface area contributed by atoms with E-state index in [4.69, 9.17) is 0 Å². The molecule has 1 aromatic carbocycles. The number of piperidine rings is 1. The molecule has 1 aliphatic heterocycles. The second-order valence-electron chi connectivity index (χ2n) is 8.03. The van der Waals surface area contributed by atoms with Crippen LogP contribution in [0.3, 0.4) is 0 Å². The lowest BCUT2D eigenvalue weighted by Gasteiger charge is -2.41. The molecule has 144 valence electrons. The third kappa shape index (κ3) is 4.75. The molecule has 2 atom stereocenters. The minimum absolute atomic E-state index is 0.113. The Kier molecular flexibility index (Phi) is 6.17. The minimum atomic E-state index is -0.113. The van der Waals surface area contributed by atoms with Crippen LogP contribution in [-0.2, 0) is 6.54 Å². The van der Waals surface area contributed by atoms with Crippen molar-refractivity contribution in [1.82, 2.24) is 15.2 Å². The summed E-state index contributed by atoms with van der Waals surface area (Å²) in [6.45, 7) is 3.11. The van der Waals surface area contributed by atoms with E-state index >= 15 is 0 Å². The zero-order valence-electron chi connectivity index (χ0n) is 16.1. The number of nitrogens with zero attached hydrogens (tertiary/aromatic N) is 2. The van der Waals surface area contributed by atoms with Crippen LogP contribution in [0.1, 0.15) is 44.1 Å². The maximum Gasteiger partial charge on any atom is 0.0702 e. The van der Waals surface area contributed by atoms with Gasteiger partial charge in [-0.25, -0.2) is 0 Å². The molecule has 4 rings (SSSR count). The van der Waals surface area contributed by atoms with Gasteiger partial charge in [0.2, 0.25) is 0 Å². The van der Waals surface area contributed by atoms with Gasteiger partial charge in [0.1, 0.15) is 0 Å². The number of nitrogens with one attached hydrogen (secondary N) is 1. The number of hydrogen-bond donors (Lipinski definition) is 2. The molecule has 2 N–H and O–H groups in total. The summed E-state index contributed by atoms with van der Waals surface area (Å²) >= 11 is 0. The lowest BCUT2D eigenvalue weighted by atomic mass is 9.89. The molecule has 2 unspecified atom stereocenters. The van der Waals surface area contributed by atoms with Gasteiger partial charge in [0.15, 0.2) is 0 Å². The molecule has 0 radical (unpaired) electrons. The van der Waals surface area contributed by atoms with Gasteiger partial charge in [-0.05, 0) is 49.4 Å². The zero-order valence-corrected chi connectivity index (χ0v) is 16.1. The van der Waals surface area contributed by atoms with Crippen LogP contribution in [0.15, 0.2) is 48.7 Å². The standard InChI is InChI=1S/C23H31N3O/c27-23-10-2-1-9-22(23)26-14-11-20(12-15-26)25-17-18-6-5-7-19(16-18)21-8-3-4-13-24-21/h3-8,13,16,20,22-23,25,27H,1-2,9-12,14-15,17H2. The summed E-state index contributed by atoms with van der Waals surface area (Å²) in [5.41, 5.74) is 3.51. The SMILES string of the molecule is OC1CCCCC1N1CCC(NCc2cccc(-c3ccccn3)c2)CC1. The Hall–Kier alpha value is -1.75. The molecule has 1 aromatic heterocycles. The van der Waals surface area contributed by atoms with Gasteiger partial charge in [-0.1, -0.05) is 37.1 Å². The number of rotatable bonds is 5. The molecule has 2 aliphatic rings. The zero-order chi connectivity index (χ0) is 18.5. The molecule has 0 bridgehead atoms. The van der Waals surface area contributed by atoms with Gasteiger partial charge in [0.05, 0.1) is 11.8 Å². The van der Waals surface area contributed by atoms with E-state index in [1.165, 1.54) is 43.2 Å². The minimum Gasteiger partial charge on any atom is -0.391 e. The first-order valence-electron chi connectivity index (χ1n) is 10.5. The molecule has 4 nitrogen and oxygen atoms in total. The van der Waals surface area contributed by atoms with Crippen LogP contribution < -0.4 is 5.32 Å². The van der Waals surface area contributed by atoms with Crippen LogP contribution in [0.25, 0.3) is 11.3 Å². The number of aliphatic hydroxyl groups excluding tert-OH is 1. The van der Waals surface area contributed by atoms with Crippen molar-refractivity contribution in [3.63, 3.8) is 0 Å². The molecule has 4 heteroatoms. The van der Waals surface area contributed by atoms with Gasteiger partial charge in [-0.2, -0.15) is 0 Å². The summed E-state index contributed by atoms with van der Waals surface area (Å²) in [6, 6.07) is 15.7. The Balaban J connectivity index is 1.28. The van der Waals surface area contributed by atoms with Crippen LogP contribution in [-0.4, -0.2) is 46.3 Å². The molecule has 1 saturated heterocycles. The van der Waals surface area contributed by atoms with Crippen molar-refractivity contribution < 1.29 is 5.11 Å². The molecule has 0 spiro atoms. The fraction of sp³-hybridized carbons (Fsp3) is 0.522. The first-order chi connectivity index (χ1) is 13.3. The highest BCUT2D eigenvalue weighted by molar-refractivity contribution is 5.59. The lowest BCUT2D eigenvalue weighted by molar-refractivity contribution is 0.00714. The predicted octanol–water partition coefficient (Wildman–Crippen LogP) is 3.61. The van der Waals surface area contributed by atoms with Gasteiger partial charge in [-0.3, -0.25) is 9.88 Å². The summed E-state index contributed by atoms with van der Waals surface area (Å²) in [5, 5.41) is 14.0. The van der Waals surface area contributed by atoms with Crippen molar-refractivity contribution >= 4 is 0 Å². The third-order valence-corrected chi connectivity index (χ3v) is 6.18. The van der Waals surface area contributed by atoms with Crippen molar-refractivity contribution in [2.45, 2.75) is 63.3 Å². The summed E-state index contributed by atoms with van der Waals surface area (Å²) in [5.74, 6) is 0. The number of pyridine rings is 1. The highest BCUT2D eigenvalue weighted by Gasteiger charge is 2.31. The van der Waals surface area contributed by atoms with Crippen molar-refractivity contribution in [1.29, 1.82) is 0 Å².